The molecule has 3 rings (SSSR count). The predicted molar refractivity (Wildman–Crippen MR) is 67.9 cm³/mol. The first kappa shape index (κ1) is 10.3. The molecule has 16 heavy (non-hydrogen) atoms. The summed E-state index contributed by atoms with van der Waals surface area (Å²) in [5.41, 5.74) is 6.95. The van der Waals surface area contributed by atoms with E-state index in [-0.39, 0.29) is 0 Å². The fourth-order valence-corrected chi connectivity index (χ4v) is 2.96. The zero-order valence-electron chi connectivity index (χ0n) is 8.56. The van der Waals surface area contributed by atoms with Crippen molar-refractivity contribution >= 4 is 22.9 Å². The molecule has 2 atom stereocenters. The van der Waals surface area contributed by atoms with Crippen LogP contribution in [0.4, 0.5) is 0 Å². The van der Waals surface area contributed by atoms with E-state index in [2.05, 4.69) is 4.98 Å². The van der Waals surface area contributed by atoms with Crippen LogP contribution in [0, 0.1) is 0 Å². The van der Waals surface area contributed by atoms with Gasteiger partial charge in [0.1, 0.15) is 5.01 Å². The van der Waals surface area contributed by atoms with Crippen molar-refractivity contribution in [3.63, 3.8) is 0 Å². The van der Waals surface area contributed by atoms with Gasteiger partial charge in [0.05, 0.1) is 0 Å². The number of rotatable bonds is 2. The first-order valence-corrected chi connectivity index (χ1v) is 6.41. The number of aromatic nitrogens is 1. The van der Waals surface area contributed by atoms with Crippen molar-refractivity contribution in [3.8, 4) is 10.6 Å². The monoisotopic (exact) mass is 250 g/mol. The van der Waals surface area contributed by atoms with E-state index in [1.54, 1.807) is 11.3 Å². The van der Waals surface area contributed by atoms with Crippen LogP contribution in [0.25, 0.3) is 10.6 Å². The van der Waals surface area contributed by atoms with Crippen molar-refractivity contribution in [2.24, 2.45) is 5.73 Å². The van der Waals surface area contributed by atoms with Gasteiger partial charge in [0.2, 0.25) is 0 Å². The molecule has 1 saturated carbocycles. The fourth-order valence-electron chi connectivity index (χ4n) is 1.73. The Balaban J connectivity index is 1.89. The highest BCUT2D eigenvalue weighted by Crippen LogP contribution is 2.43. The lowest BCUT2D eigenvalue weighted by Crippen LogP contribution is -1.99. The van der Waals surface area contributed by atoms with Gasteiger partial charge in [0, 0.05) is 33.6 Å². The van der Waals surface area contributed by atoms with Gasteiger partial charge in [-0.05, 0) is 18.6 Å². The quantitative estimate of drug-likeness (QED) is 0.889. The maximum atomic E-state index is 5.85. The zero-order chi connectivity index (χ0) is 11.1. The summed E-state index contributed by atoms with van der Waals surface area (Å²) in [6.45, 7) is 0. The summed E-state index contributed by atoms with van der Waals surface area (Å²) < 4.78 is 0. The molecule has 0 saturated heterocycles. The standard InChI is InChI=1S/C12H11ClN2S/c13-8-3-1-7(2-4-8)12-15-6-11(16-12)9-5-10(9)14/h1-4,6,9-10H,5,14H2. The third kappa shape index (κ3) is 1.86. The number of halogens is 1. The lowest BCUT2D eigenvalue weighted by molar-refractivity contribution is 1.00. The lowest BCUT2D eigenvalue weighted by atomic mass is 10.2. The number of thiazole rings is 1. The molecule has 1 aliphatic carbocycles. The Morgan fingerprint density at radius 1 is 1.31 bits per heavy atom. The molecular weight excluding hydrogens is 240 g/mol. The zero-order valence-corrected chi connectivity index (χ0v) is 10.1. The van der Waals surface area contributed by atoms with Crippen LogP contribution in [0.3, 0.4) is 0 Å². The number of hydrogen-bond acceptors (Lipinski definition) is 3. The molecule has 1 aromatic heterocycles. The van der Waals surface area contributed by atoms with Crippen LogP contribution in [0.2, 0.25) is 5.02 Å². The molecule has 1 heterocycles. The molecule has 0 amide bonds. The molecule has 82 valence electrons. The summed E-state index contributed by atoms with van der Waals surface area (Å²) >= 11 is 7.58. The number of hydrogen-bond donors (Lipinski definition) is 1. The van der Waals surface area contributed by atoms with Crippen molar-refractivity contribution in [3.05, 3.63) is 40.4 Å². The molecule has 2 nitrogen and oxygen atoms in total. The molecule has 2 N–H and O–H groups in total. The summed E-state index contributed by atoms with van der Waals surface area (Å²) in [7, 11) is 0. The minimum Gasteiger partial charge on any atom is -0.327 e. The van der Waals surface area contributed by atoms with Gasteiger partial charge in [-0.2, -0.15) is 0 Å². The molecule has 1 aromatic carbocycles. The van der Waals surface area contributed by atoms with Gasteiger partial charge in [0.15, 0.2) is 0 Å². The Bertz CT molecular complexity index is 506. The third-order valence-corrected chi connectivity index (χ3v) is 4.25. The molecular formula is C12H11ClN2S. The van der Waals surface area contributed by atoms with Crippen LogP contribution < -0.4 is 5.73 Å². The molecule has 0 aliphatic heterocycles. The first-order valence-electron chi connectivity index (χ1n) is 5.21. The molecule has 1 aliphatic rings. The Hall–Kier alpha value is -0.900. The molecule has 0 radical (unpaired) electrons. The highest BCUT2D eigenvalue weighted by atomic mass is 35.5. The average molecular weight is 251 g/mol. The van der Waals surface area contributed by atoms with E-state index >= 15 is 0 Å². The predicted octanol–water partition coefficient (Wildman–Crippen LogP) is 3.28. The van der Waals surface area contributed by atoms with E-state index in [1.807, 2.05) is 30.5 Å². The van der Waals surface area contributed by atoms with Crippen LogP contribution in [0.15, 0.2) is 30.5 Å². The van der Waals surface area contributed by atoms with Crippen molar-refractivity contribution in [2.75, 3.05) is 0 Å². The average Bonchev–Trinajstić information content (AvgIpc) is 2.82. The van der Waals surface area contributed by atoms with Crippen LogP contribution in [0.5, 0.6) is 0 Å². The third-order valence-electron chi connectivity index (χ3n) is 2.82. The largest absolute Gasteiger partial charge is 0.327 e. The highest BCUT2D eigenvalue weighted by molar-refractivity contribution is 7.15. The van der Waals surface area contributed by atoms with Gasteiger partial charge in [-0.3, -0.25) is 0 Å². The number of benzene rings is 1. The van der Waals surface area contributed by atoms with Crippen LogP contribution in [0.1, 0.15) is 17.2 Å². The van der Waals surface area contributed by atoms with E-state index in [9.17, 15) is 0 Å². The molecule has 1 fully saturated rings. The minimum atomic E-state index is 0.346. The normalized spacial score (nSPS) is 23.4. The Labute approximate surface area is 103 Å². The van der Waals surface area contributed by atoms with E-state index in [4.69, 9.17) is 17.3 Å². The minimum absolute atomic E-state index is 0.346. The molecule has 4 heteroatoms. The van der Waals surface area contributed by atoms with Gasteiger partial charge < -0.3 is 5.73 Å². The second-order valence-corrected chi connectivity index (χ2v) is 5.58. The van der Waals surface area contributed by atoms with Crippen molar-refractivity contribution < 1.29 is 0 Å². The summed E-state index contributed by atoms with van der Waals surface area (Å²) in [5, 5.41) is 1.80. The first-order chi connectivity index (χ1) is 7.74. The van der Waals surface area contributed by atoms with E-state index in [0.29, 0.717) is 12.0 Å². The summed E-state index contributed by atoms with van der Waals surface area (Å²) in [6.07, 6.45) is 3.05. The SMILES string of the molecule is NC1CC1c1cnc(-c2ccc(Cl)cc2)s1. The van der Waals surface area contributed by atoms with Gasteiger partial charge >= 0.3 is 0 Å². The fraction of sp³-hybridized carbons (Fsp3) is 0.250. The Morgan fingerprint density at radius 3 is 2.62 bits per heavy atom. The van der Waals surface area contributed by atoms with E-state index in [0.717, 1.165) is 22.0 Å². The Morgan fingerprint density at radius 2 is 2.00 bits per heavy atom. The van der Waals surface area contributed by atoms with Gasteiger partial charge in [-0.15, -0.1) is 11.3 Å². The number of nitrogens with zero attached hydrogens (tertiary/aromatic N) is 1. The number of nitrogens with two attached hydrogens (primary N) is 1. The summed E-state index contributed by atoms with van der Waals surface area (Å²) in [4.78, 5) is 5.73. The molecule has 0 spiro atoms. The second-order valence-electron chi connectivity index (χ2n) is 4.08. The summed E-state index contributed by atoms with van der Waals surface area (Å²) in [6, 6.07) is 8.12. The smallest absolute Gasteiger partial charge is 0.123 e. The lowest BCUT2D eigenvalue weighted by Gasteiger charge is -1.95. The topological polar surface area (TPSA) is 38.9 Å². The highest BCUT2D eigenvalue weighted by Gasteiger charge is 2.36. The van der Waals surface area contributed by atoms with Gasteiger partial charge in [0.25, 0.3) is 0 Å². The maximum Gasteiger partial charge on any atom is 0.123 e. The van der Waals surface area contributed by atoms with Gasteiger partial charge in [-0.25, -0.2) is 4.98 Å². The summed E-state index contributed by atoms with van der Waals surface area (Å²) in [5.74, 6) is 0.540. The Kier molecular flexibility index (Phi) is 2.46. The van der Waals surface area contributed by atoms with Crippen LogP contribution >= 0.6 is 22.9 Å². The molecule has 2 aromatic rings. The van der Waals surface area contributed by atoms with Crippen LogP contribution in [-0.4, -0.2) is 11.0 Å². The van der Waals surface area contributed by atoms with Crippen LogP contribution in [-0.2, 0) is 0 Å². The maximum absolute atomic E-state index is 5.85. The van der Waals surface area contributed by atoms with E-state index < -0.39 is 0 Å². The van der Waals surface area contributed by atoms with E-state index in [1.165, 1.54) is 4.88 Å². The molecule has 2 unspecified atom stereocenters. The van der Waals surface area contributed by atoms with Crippen molar-refractivity contribution in [1.29, 1.82) is 0 Å². The van der Waals surface area contributed by atoms with Crippen molar-refractivity contribution in [2.45, 2.75) is 18.4 Å². The van der Waals surface area contributed by atoms with Gasteiger partial charge in [-0.1, -0.05) is 23.7 Å². The van der Waals surface area contributed by atoms with Crippen molar-refractivity contribution in [1.82, 2.24) is 4.98 Å². The molecule has 0 bridgehead atoms. The second kappa shape index (κ2) is 3.84.